The molecule has 3 rings (SSSR count). The van der Waals surface area contributed by atoms with Gasteiger partial charge in [0.25, 0.3) is 5.91 Å². The maximum atomic E-state index is 12.9. The van der Waals surface area contributed by atoms with Gasteiger partial charge in [-0.3, -0.25) is 4.79 Å². The van der Waals surface area contributed by atoms with Crippen LogP contribution in [0.5, 0.6) is 0 Å². The average molecular weight is 344 g/mol. The van der Waals surface area contributed by atoms with E-state index in [4.69, 9.17) is 0 Å². The fourth-order valence-corrected chi connectivity index (χ4v) is 3.71. The molecule has 6 heteroatoms. The third-order valence-electron chi connectivity index (χ3n) is 4.44. The number of carbonyl (C=O) groups is 1. The van der Waals surface area contributed by atoms with Crippen molar-refractivity contribution in [2.24, 2.45) is 0 Å². The first-order valence-electron chi connectivity index (χ1n) is 7.82. The summed E-state index contributed by atoms with van der Waals surface area (Å²) >= 11 is 0. The molecule has 0 unspecified atom stereocenters. The van der Waals surface area contributed by atoms with Crippen LogP contribution in [0, 0.1) is 6.92 Å². The topological polar surface area (TPSA) is 66.5 Å². The van der Waals surface area contributed by atoms with Gasteiger partial charge in [-0.2, -0.15) is 0 Å². The monoisotopic (exact) mass is 344 g/mol. The quantitative estimate of drug-likeness (QED) is 0.927. The number of sulfonamides is 1. The summed E-state index contributed by atoms with van der Waals surface area (Å²) in [6.07, 6.45) is 0.815. The number of aryl methyl sites for hydroxylation is 1. The minimum Gasteiger partial charge on any atom is -0.334 e. The number of amides is 1. The maximum absolute atomic E-state index is 12.9. The second-order valence-electron chi connectivity index (χ2n) is 5.93. The van der Waals surface area contributed by atoms with Gasteiger partial charge in [0.05, 0.1) is 4.90 Å². The van der Waals surface area contributed by atoms with Crippen molar-refractivity contribution >= 4 is 15.9 Å². The fourth-order valence-electron chi connectivity index (χ4n) is 2.96. The molecule has 0 aliphatic carbocycles. The molecule has 2 aromatic rings. The molecule has 24 heavy (non-hydrogen) atoms. The summed E-state index contributed by atoms with van der Waals surface area (Å²) in [6.45, 7) is 3.01. The van der Waals surface area contributed by atoms with Gasteiger partial charge in [-0.05, 0) is 49.2 Å². The second kappa shape index (κ2) is 6.37. The van der Waals surface area contributed by atoms with Crippen molar-refractivity contribution in [3.05, 3.63) is 64.7 Å². The molecule has 1 aliphatic rings. The van der Waals surface area contributed by atoms with Gasteiger partial charge in [-0.25, -0.2) is 13.1 Å². The van der Waals surface area contributed by atoms with E-state index in [-0.39, 0.29) is 10.8 Å². The van der Waals surface area contributed by atoms with E-state index in [2.05, 4.69) is 10.8 Å². The summed E-state index contributed by atoms with van der Waals surface area (Å²) in [6, 6.07) is 12.7. The summed E-state index contributed by atoms with van der Waals surface area (Å²) < 4.78 is 26.3. The van der Waals surface area contributed by atoms with Crippen molar-refractivity contribution in [3.63, 3.8) is 0 Å². The van der Waals surface area contributed by atoms with Crippen molar-refractivity contribution in [2.75, 3.05) is 13.6 Å². The van der Waals surface area contributed by atoms with Crippen molar-refractivity contribution < 1.29 is 13.2 Å². The van der Waals surface area contributed by atoms with Crippen molar-refractivity contribution in [3.8, 4) is 0 Å². The lowest BCUT2D eigenvalue weighted by Gasteiger charge is -2.29. The number of nitrogens with zero attached hydrogens (tertiary/aromatic N) is 1. The first-order valence-corrected chi connectivity index (χ1v) is 9.31. The molecule has 2 aromatic carbocycles. The smallest absolute Gasteiger partial charge is 0.254 e. The molecule has 0 fully saturated rings. The van der Waals surface area contributed by atoms with Gasteiger partial charge < -0.3 is 4.90 Å². The van der Waals surface area contributed by atoms with Crippen LogP contribution < -0.4 is 4.72 Å². The number of fused-ring (bicyclic) bond motifs is 1. The van der Waals surface area contributed by atoms with Crippen molar-refractivity contribution in [2.45, 2.75) is 24.8 Å². The standard InChI is InChI=1S/C18H20N2O3S/c1-13-7-8-16(24(22,23)19-2)11-17(13)18(21)20-10-9-14-5-3-4-6-15(14)12-20/h3-8,11,19H,9-10,12H2,1-2H3. The van der Waals surface area contributed by atoms with Gasteiger partial charge in [-0.15, -0.1) is 0 Å². The van der Waals surface area contributed by atoms with Gasteiger partial charge in [0.1, 0.15) is 0 Å². The highest BCUT2D eigenvalue weighted by Gasteiger charge is 2.24. The number of rotatable bonds is 3. The Bertz CT molecular complexity index is 891. The second-order valence-corrected chi connectivity index (χ2v) is 7.82. The summed E-state index contributed by atoms with van der Waals surface area (Å²) in [5, 5.41) is 0. The number of benzene rings is 2. The molecule has 0 bridgehead atoms. The average Bonchev–Trinajstić information content (AvgIpc) is 2.61. The molecule has 0 saturated heterocycles. The van der Waals surface area contributed by atoms with Gasteiger partial charge in [0.15, 0.2) is 0 Å². The predicted molar refractivity (Wildman–Crippen MR) is 92.3 cm³/mol. The largest absolute Gasteiger partial charge is 0.334 e. The number of carbonyl (C=O) groups excluding carboxylic acids is 1. The van der Waals surface area contributed by atoms with Gasteiger partial charge >= 0.3 is 0 Å². The summed E-state index contributed by atoms with van der Waals surface area (Å²) in [7, 11) is -2.21. The van der Waals surface area contributed by atoms with Crippen LogP contribution in [0.3, 0.4) is 0 Å². The predicted octanol–water partition coefficient (Wildman–Crippen LogP) is 2.10. The molecule has 0 radical (unpaired) electrons. The van der Waals surface area contributed by atoms with Crippen LogP contribution in [0.4, 0.5) is 0 Å². The van der Waals surface area contributed by atoms with E-state index in [1.54, 1.807) is 11.0 Å². The Kier molecular flexibility index (Phi) is 4.43. The highest BCUT2D eigenvalue weighted by atomic mass is 32.2. The van der Waals surface area contributed by atoms with Crippen LogP contribution >= 0.6 is 0 Å². The van der Waals surface area contributed by atoms with Crippen LogP contribution in [-0.2, 0) is 23.0 Å². The lowest BCUT2D eigenvalue weighted by molar-refractivity contribution is 0.0733. The third kappa shape index (κ3) is 3.07. The summed E-state index contributed by atoms with van der Waals surface area (Å²) in [4.78, 5) is 14.8. The van der Waals surface area contributed by atoms with Crippen molar-refractivity contribution in [1.82, 2.24) is 9.62 Å². The van der Waals surface area contributed by atoms with Crippen molar-refractivity contribution in [1.29, 1.82) is 0 Å². The maximum Gasteiger partial charge on any atom is 0.254 e. The molecule has 1 aliphatic heterocycles. The molecule has 126 valence electrons. The van der Waals surface area contributed by atoms with Crippen LogP contribution in [0.15, 0.2) is 47.4 Å². The summed E-state index contributed by atoms with van der Waals surface area (Å²) in [5.74, 6) is -0.129. The molecular formula is C18H20N2O3S. The summed E-state index contributed by atoms with van der Waals surface area (Å²) in [5.41, 5.74) is 3.62. The molecule has 0 saturated carbocycles. The SMILES string of the molecule is CNS(=O)(=O)c1ccc(C)c(C(=O)N2CCc3ccccc3C2)c1. The Labute approximate surface area is 142 Å². The van der Waals surface area contributed by atoms with Crippen LogP contribution in [0.1, 0.15) is 27.0 Å². The first kappa shape index (κ1) is 16.7. The number of hydrogen-bond donors (Lipinski definition) is 1. The zero-order valence-corrected chi connectivity index (χ0v) is 14.6. The third-order valence-corrected chi connectivity index (χ3v) is 5.85. The van der Waals surface area contributed by atoms with Gasteiger partial charge in [0, 0.05) is 18.7 Å². The normalized spacial score (nSPS) is 14.3. The Morgan fingerprint density at radius 1 is 1.12 bits per heavy atom. The van der Waals surface area contributed by atoms with Crippen LogP contribution in [0.2, 0.25) is 0 Å². The van der Waals surface area contributed by atoms with E-state index >= 15 is 0 Å². The zero-order chi connectivity index (χ0) is 17.3. The molecule has 1 heterocycles. The van der Waals surface area contributed by atoms with E-state index in [0.717, 1.165) is 17.5 Å². The fraction of sp³-hybridized carbons (Fsp3) is 0.278. The molecule has 1 N–H and O–H groups in total. The Morgan fingerprint density at radius 3 is 2.54 bits per heavy atom. The minimum atomic E-state index is -3.57. The molecular weight excluding hydrogens is 324 g/mol. The van der Waals surface area contributed by atoms with E-state index < -0.39 is 10.0 Å². The lowest BCUT2D eigenvalue weighted by Crippen LogP contribution is -2.36. The Hall–Kier alpha value is -2.18. The Morgan fingerprint density at radius 2 is 1.83 bits per heavy atom. The van der Waals surface area contributed by atoms with Gasteiger partial charge in [0.2, 0.25) is 10.0 Å². The van der Waals surface area contributed by atoms with Gasteiger partial charge in [-0.1, -0.05) is 30.3 Å². The molecule has 0 spiro atoms. The van der Waals surface area contributed by atoms with Crippen LogP contribution in [-0.4, -0.2) is 32.8 Å². The lowest BCUT2D eigenvalue weighted by atomic mass is 9.98. The van der Waals surface area contributed by atoms with E-state index in [1.807, 2.05) is 25.1 Å². The van der Waals surface area contributed by atoms with Crippen LogP contribution in [0.25, 0.3) is 0 Å². The molecule has 0 atom stereocenters. The number of nitrogens with one attached hydrogen (secondary N) is 1. The van der Waals surface area contributed by atoms with E-state index in [9.17, 15) is 13.2 Å². The minimum absolute atomic E-state index is 0.108. The van der Waals surface area contributed by atoms with E-state index in [0.29, 0.717) is 18.7 Å². The van der Waals surface area contributed by atoms with E-state index in [1.165, 1.54) is 24.7 Å². The zero-order valence-electron chi connectivity index (χ0n) is 13.7. The first-order chi connectivity index (χ1) is 11.4. The molecule has 0 aromatic heterocycles. The highest BCUT2D eigenvalue weighted by Crippen LogP contribution is 2.23. The number of hydrogen-bond acceptors (Lipinski definition) is 3. The molecule has 5 nitrogen and oxygen atoms in total. The highest BCUT2D eigenvalue weighted by molar-refractivity contribution is 7.89. The Balaban J connectivity index is 1.92. The molecule has 1 amide bonds.